The maximum absolute atomic E-state index is 13.6. The quantitative estimate of drug-likeness (QED) is 0.797. The maximum atomic E-state index is 13.6. The van der Waals surface area contributed by atoms with E-state index in [-0.39, 0.29) is 0 Å². The van der Waals surface area contributed by atoms with E-state index in [9.17, 15) is 9.18 Å². The van der Waals surface area contributed by atoms with Crippen LogP contribution in [-0.4, -0.2) is 11.7 Å². The number of nitrogens with one attached hydrogen (secondary N) is 1. The number of nitrogen functional groups attached to an aromatic ring is 1. The molecule has 3 N–H and O–H groups in total. The number of carbonyl (C=O) groups excluding carboxylic acids is 1. The Morgan fingerprint density at radius 2 is 2.06 bits per heavy atom. The standard InChI is InChI=1S/C13H19FN2O2/c1-8(16-12(17)18-13(2,3)4)10-7-9(15)5-6-11(10)14/h5-8H,15H2,1-4H3,(H,16,17). The van der Waals surface area contributed by atoms with Crippen LogP contribution in [0.25, 0.3) is 0 Å². The second-order valence-electron chi connectivity index (χ2n) is 5.15. The summed E-state index contributed by atoms with van der Waals surface area (Å²) < 4.78 is 18.7. The summed E-state index contributed by atoms with van der Waals surface area (Å²) in [5.74, 6) is -0.409. The van der Waals surface area contributed by atoms with E-state index in [0.29, 0.717) is 11.3 Å². The van der Waals surface area contributed by atoms with Crippen molar-refractivity contribution in [1.82, 2.24) is 5.32 Å². The lowest BCUT2D eigenvalue weighted by molar-refractivity contribution is 0.0507. The fourth-order valence-corrected chi connectivity index (χ4v) is 1.46. The lowest BCUT2D eigenvalue weighted by atomic mass is 10.1. The Bertz CT molecular complexity index is 441. The summed E-state index contributed by atoms with van der Waals surface area (Å²) in [6, 6.07) is 3.73. The molecule has 5 heteroatoms. The van der Waals surface area contributed by atoms with Gasteiger partial charge in [-0.3, -0.25) is 0 Å². The van der Waals surface area contributed by atoms with Gasteiger partial charge < -0.3 is 15.8 Å². The highest BCUT2D eigenvalue weighted by Gasteiger charge is 2.19. The molecule has 100 valence electrons. The number of nitrogens with two attached hydrogens (primary N) is 1. The number of hydrogen-bond donors (Lipinski definition) is 2. The van der Waals surface area contributed by atoms with Gasteiger partial charge in [-0.05, 0) is 45.9 Å². The average molecular weight is 254 g/mol. The van der Waals surface area contributed by atoms with Crippen molar-refractivity contribution in [3.05, 3.63) is 29.6 Å². The van der Waals surface area contributed by atoms with E-state index in [1.807, 2.05) is 0 Å². The minimum atomic E-state index is -0.586. The minimum Gasteiger partial charge on any atom is -0.444 e. The minimum absolute atomic E-state index is 0.334. The van der Waals surface area contributed by atoms with Crippen LogP contribution < -0.4 is 11.1 Å². The molecule has 0 aliphatic heterocycles. The first-order chi connectivity index (χ1) is 8.19. The molecule has 1 rings (SSSR count). The Morgan fingerprint density at radius 3 is 2.61 bits per heavy atom. The normalized spacial score (nSPS) is 12.9. The fraction of sp³-hybridized carbons (Fsp3) is 0.462. The zero-order valence-electron chi connectivity index (χ0n) is 11.1. The van der Waals surface area contributed by atoms with Gasteiger partial charge in [-0.2, -0.15) is 0 Å². The second-order valence-corrected chi connectivity index (χ2v) is 5.15. The molecule has 1 atom stereocenters. The average Bonchev–Trinajstić information content (AvgIpc) is 2.18. The van der Waals surface area contributed by atoms with Gasteiger partial charge in [-0.25, -0.2) is 9.18 Å². The van der Waals surface area contributed by atoms with E-state index < -0.39 is 23.6 Å². The topological polar surface area (TPSA) is 64.3 Å². The van der Waals surface area contributed by atoms with Crippen molar-refractivity contribution in [2.45, 2.75) is 39.3 Å². The molecule has 0 heterocycles. The van der Waals surface area contributed by atoms with Crippen molar-refractivity contribution in [3.8, 4) is 0 Å². The van der Waals surface area contributed by atoms with E-state index in [1.54, 1.807) is 27.7 Å². The van der Waals surface area contributed by atoms with Gasteiger partial charge in [-0.15, -0.1) is 0 Å². The van der Waals surface area contributed by atoms with E-state index in [1.165, 1.54) is 18.2 Å². The first kappa shape index (κ1) is 14.3. The molecule has 1 aromatic rings. The van der Waals surface area contributed by atoms with Gasteiger partial charge in [0.15, 0.2) is 0 Å². The molecule has 0 aliphatic carbocycles. The summed E-state index contributed by atoms with van der Waals surface area (Å²) in [4.78, 5) is 11.6. The molecular weight excluding hydrogens is 235 g/mol. The number of ether oxygens (including phenoxy) is 1. The summed E-state index contributed by atoms with van der Waals surface area (Å²) in [5.41, 5.74) is 5.78. The highest BCUT2D eigenvalue weighted by atomic mass is 19.1. The zero-order chi connectivity index (χ0) is 13.9. The maximum Gasteiger partial charge on any atom is 0.408 e. The van der Waals surface area contributed by atoms with Crippen LogP contribution in [0.5, 0.6) is 0 Å². The second kappa shape index (κ2) is 5.25. The lowest BCUT2D eigenvalue weighted by Gasteiger charge is -2.22. The van der Waals surface area contributed by atoms with Crippen molar-refractivity contribution in [3.63, 3.8) is 0 Å². The third-order valence-electron chi connectivity index (χ3n) is 2.22. The number of rotatable bonds is 2. The van der Waals surface area contributed by atoms with E-state index >= 15 is 0 Å². The summed E-state index contributed by atoms with van der Waals surface area (Å²) in [6.07, 6.45) is -0.586. The Morgan fingerprint density at radius 1 is 1.44 bits per heavy atom. The Labute approximate surface area is 106 Å². The van der Waals surface area contributed by atoms with Crippen LogP contribution in [0.3, 0.4) is 0 Å². The SMILES string of the molecule is CC(NC(=O)OC(C)(C)C)c1cc(N)ccc1F. The van der Waals surface area contributed by atoms with Crippen molar-refractivity contribution >= 4 is 11.8 Å². The predicted molar refractivity (Wildman–Crippen MR) is 68.6 cm³/mol. The molecule has 18 heavy (non-hydrogen) atoms. The smallest absolute Gasteiger partial charge is 0.408 e. The molecular formula is C13H19FN2O2. The van der Waals surface area contributed by atoms with Crippen LogP contribution in [0.1, 0.15) is 39.3 Å². The number of benzene rings is 1. The van der Waals surface area contributed by atoms with Crippen LogP contribution >= 0.6 is 0 Å². The van der Waals surface area contributed by atoms with E-state index in [2.05, 4.69) is 5.32 Å². The first-order valence-corrected chi connectivity index (χ1v) is 5.73. The van der Waals surface area contributed by atoms with Crippen LogP contribution in [0.15, 0.2) is 18.2 Å². The monoisotopic (exact) mass is 254 g/mol. The van der Waals surface area contributed by atoms with E-state index in [0.717, 1.165) is 0 Å². The van der Waals surface area contributed by atoms with Crippen LogP contribution in [-0.2, 0) is 4.74 Å². The van der Waals surface area contributed by atoms with Crippen molar-refractivity contribution in [1.29, 1.82) is 0 Å². The molecule has 1 unspecified atom stereocenters. The third-order valence-corrected chi connectivity index (χ3v) is 2.22. The molecule has 0 aliphatic rings. The third kappa shape index (κ3) is 4.24. The molecule has 1 aromatic carbocycles. The fourth-order valence-electron chi connectivity index (χ4n) is 1.46. The molecule has 0 aromatic heterocycles. The van der Waals surface area contributed by atoms with E-state index in [4.69, 9.17) is 10.5 Å². The molecule has 4 nitrogen and oxygen atoms in total. The predicted octanol–water partition coefficient (Wildman–Crippen LogP) is 2.99. The van der Waals surface area contributed by atoms with Gasteiger partial charge >= 0.3 is 6.09 Å². The number of halogens is 1. The van der Waals surface area contributed by atoms with Gasteiger partial charge in [0.2, 0.25) is 0 Å². The van der Waals surface area contributed by atoms with Gasteiger partial charge in [0.1, 0.15) is 11.4 Å². The largest absolute Gasteiger partial charge is 0.444 e. The van der Waals surface area contributed by atoms with Crippen LogP contribution in [0, 0.1) is 5.82 Å². The van der Waals surface area contributed by atoms with Crippen molar-refractivity contribution < 1.29 is 13.9 Å². The molecule has 0 spiro atoms. The van der Waals surface area contributed by atoms with Crippen LogP contribution in [0.2, 0.25) is 0 Å². The van der Waals surface area contributed by atoms with Gasteiger partial charge in [0.25, 0.3) is 0 Å². The molecule has 0 fully saturated rings. The lowest BCUT2D eigenvalue weighted by Crippen LogP contribution is -2.34. The summed E-state index contributed by atoms with van der Waals surface area (Å²) >= 11 is 0. The highest BCUT2D eigenvalue weighted by molar-refractivity contribution is 5.68. The summed E-state index contributed by atoms with van der Waals surface area (Å²) in [7, 11) is 0. The molecule has 0 bridgehead atoms. The number of alkyl carbamates (subject to hydrolysis) is 1. The number of amides is 1. The number of carbonyl (C=O) groups is 1. The Hall–Kier alpha value is -1.78. The molecule has 0 saturated carbocycles. The van der Waals surface area contributed by atoms with Crippen molar-refractivity contribution in [2.75, 3.05) is 5.73 Å². The van der Waals surface area contributed by atoms with Crippen LogP contribution in [0.4, 0.5) is 14.9 Å². The first-order valence-electron chi connectivity index (χ1n) is 5.73. The summed E-state index contributed by atoms with van der Waals surface area (Å²) in [5, 5.41) is 2.56. The Kier molecular flexibility index (Phi) is 4.16. The van der Waals surface area contributed by atoms with Gasteiger partial charge in [-0.1, -0.05) is 0 Å². The summed E-state index contributed by atoms with van der Waals surface area (Å²) in [6.45, 7) is 6.96. The number of hydrogen-bond acceptors (Lipinski definition) is 3. The Balaban J connectivity index is 2.73. The molecule has 0 saturated heterocycles. The molecule has 0 radical (unpaired) electrons. The van der Waals surface area contributed by atoms with Crippen molar-refractivity contribution in [2.24, 2.45) is 0 Å². The van der Waals surface area contributed by atoms with Gasteiger partial charge in [0, 0.05) is 11.3 Å². The highest BCUT2D eigenvalue weighted by Crippen LogP contribution is 2.20. The number of anilines is 1. The molecule has 1 amide bonds. The zero-order valence-corrected chi connectivity index (χ0v) is 11.1. The van der Waals surface area contributed by atoms with Gasteiger partial charge in [0.05, 0.1) is 6.04 Å².